The lowest BCUT2D eigenvalue weighted by Gasteiger charge is -2.31. The second-order valence-corrected chi connectivity index (χ2v) is 4.46. The lowest BCUT2D eigenvalue weighted by Crippen LogP contribution is -2.49. The van der Waals surface area contributed by atoms with Crippen LogP contribution < -0.4 is 5.32 Å². The summed E-state index contributed by atoms with van der Waals surface area (Å²) in [6, 6.07) is 0.522. The summed E-state index contributed by atoms with van der Waals surface area (Å²) in [5, 5.41) is 3.00. The predicted molar refractivity (Wildman–Crippen MR) is 59.4 cm³/mol. The van der Waals surface area contributed by atoms with Gasteiger partial charge in [0.2, 0.25) is 0 Å². The summed E-state index contributed by atoms with van der Waals surface area (Å²) >= 11 is 0. The molecule has 2 heterocycles. The summed E-state index contributed by atoms with van der Waals surface area (Å²) in [7, 11) is 1.86. The zero-order chi connectivity index (χ0) is 11.4. The molecule has 2 fully saturated rings. The van der Waals surface area contributed by atoms with Crippen LogP contribution in [0.3, 0.4) is 0 Å². The van der Waals surface area contributed by atoms with Gasteiger partial charge in [-0.2, -0.15) is 0 Å². The van der Waals surface area contributed by atoms with Gasteiger partial charge in [-0.15, -0.1) is 0 Å². The highest BCUT2D eigenvalue weighted by atomic mass is 16.5. The van der Waals surface area contributed by atoms with Gasteiger partial charge in [0.15, 0.2) is 0 Å². The molecule has 2 aliphatic heterocycles. The molecule has 0 saturated carbocycles. The van der Waals surface area contributed by atoms with Crippen molar-refractivity contribution in [3.05, 3.63) is 0 Å². The Hall–Kier alpha value is -0.810. The maximum atomic E-state index is 11.9. The molecule has 5 nitrogen and oxygen atoms in total. The third-order valence-electron chi connectivity index (χ3n) is 3.32. The first-order valence-corrected chi connectivity index (χ1v) is 5.96. The van der Waals surface area contributed by atoms with Crippen molar-refractivity contribution < 1.29 is 14.3 Å². The Balaban J connectivity index is 1.78. The minimum Gasteiger partial charge on any atom is -0.381 e. The first kappa shape index (κ1) is 11.7. The van der Waals surface area contributed by atoms with E-state index < -0.39 is 0 Å². The highest BCUT2D eigenvalue weighted by Gasteiger charge is 2.25. The molecular weight excluding hydrogens is 208 g/mol. The highest BCUT2D eigenvalue weighted by Crippen LogP contribution is 2.13. The van der Waals surface area contributed by atoms with E-state index in [0.717, 1.165) is 39.1 Å². The van der Waals surface area contributed by atoms with Crippen molar-refractivity contribution in [2.45, 2.75) is 31.3 Å². The van der Waals surface area contributed by atoms with Gasteiger partial charge >= 0.3 is 6.03 Å². The number of urea groups is 1. The maximum Gasteiger partial charge on any atom is 0.317 e. The minimum atomic E-state index is 0.0161. The Bertz CT molecular complexity index is 235. The maximum absolute atomic E-state index is 11.9. The zero-order valence-electron chi connectivity index (χ0n) is 9.78. The molecular formula is C11H20N2O3. The van der Waals surface area contributed by atoms with Gasteiger partial charge in [0, 0.05) is 32.9 Å². The van der Waals surface area contributed by atoms with Crippen LogP contribution in [-0.2, 0) is 9.47 Å². The van der Waals surface area contributed by atoms with Gasteiger partial charge in [-0.1, -0.05) is 0 Å². The van der Waals surface area contributed by atoms with Crippen LogP contribution in [0, 0.1) is 0 Å². The van der Waals surface area contributed by atoms with E-state index in [1.807, 2.05) is 7.05 Å². The molecule has 0 aliphatic carbocycles. The van der Waals surface area contributed by atoms with Crippen molar-refractivity contribution in [3.63, 3.8) is 0 Å². The zero-order valence-corrected chi connectivity index (χ0v) is 9.78. The van der Waals surface area contributed by atoms with Crippen molar-refractivity contribution in [1.29, 1.82) is 0 Å². The van der Waals surface area contributed by atoms with Crippen molar-refractivity contribution >= 4 is 6.03 Å². The Kier molecular flexibility index (Phi) is 4.01. The molecule has 2 amide bonds. The molecule has 5 heteroatoms. The van der Waals surface area contributed by atoms with Gasteiger partial charge in [0.05, 0.1) is 12.6 Å². The highest BCUT2D eigenvalue weighted by molar-refractivity contribution is 5.74. The van der Waals surface area contributed by atoms with Crippen LogP contribution in [0.5, 0.6) is 0 Å². The Morgan fingerprint density at radius 1 is 1.19 bits per heavy atom. The number of nitrogens with zero attached hydrogens (tertiary/aromatic N) is 1. The average molecular weight is 228 g/mol. The minimum absolute atomic E-state index is 0.0161. The topological polar surface area (TPSA) is 50.8 Å². The van der Waals surface area contributed by atoms with Crippen LogP contribution in [0.2, 0.25) is 0 Å². The van der Waals surface area contributed by atoms with Crippen LogP contribution in [0.15, 0.2) is 0 Å². The predicted octanol–water partition coefficient (Wildman–Crippen LogP) is 0.596. The summed E-state index contributed by atoms with van der Waals surface area (Å²) in [5.41, 5.74) is 0. The fourth-order valence-electron chi connectivity index (χ4n) is 2.16. The van der Waals surface area contributed by atoms with E-state index in [9.17, 15) is 4.79 Å². The number of nitrogens with one attached hydrogen (secondary N) is 1. The molecule has 0 bridgehead atoms. The number of carbonyl (C=O) groups is 1. The quantitative estimate of drug-likeness (QED) is 0.753. The van der Waals surface area contributed by atoms with Crippen LogP contribution in [-0.4, -0.2) is 56.5 Å². The second-order valence-electron chi connectivity index (χ2n) is 4.46. The summed E-state index contributed by atoms with van der Waals surface area (Å²) in [5.74, 6) is 0. The summed E-state index contributed by atoms with van der Waals surface area (Å²) in [4.78, 5) is 13.7. The molecule has 1 atom stereocenters. The third-order valence-corrected chi connectivity index (χ3v) is 3.32. The summed E-state index contributed by atoms with van der Waals surface area (Å²) in [6.45, 7) is 2.92. The normalized spacial score (nSPS) is 26.7. The van der Waals surface area contributed by atoms with Gasteiger partial charge < -0.3 is 19.7 Å². The van der Waals surface area contributed by atoms with E-state index in [-0.39, 0.29) is 12.1 Å². The fourth-order valence-corrected chi connectivity index (χ4v) is 2.16. The molecule has 2 saturated heterocycles. The van der Waals surface area contributed by atoms with Crippen LogP contribution in [0.1, 0.15) is 19.3 Å². The standard InChI is InChI=1S/C11H20N2O3/c1-13(10-3-6-15-7-4-10)11(14)12-9-2-5-16-8-9/h9-10H,2-8H2,1H3,(H,12,14). The molecule has 0 radical (unpaired) electrons. The Labute approximate surface area is 96.1 Å². The van der Waals surface area contributed by atoms with E-state index in [2.05, 4.69) is 5.32 Å². The number of hydrogen-bond acceptors (Lipinski definition) is 3. The van der Waals surface area contributed by atoms with Gasteiger partial charge in [-0.3, -0.25) is 0 Å². The first-order chi connectivity index (χ1) is 7.77. The molecule has 2 aliphatic rings. The molecule has 92 valence electrons. The lowest BCUT2D eigenvalue weighted by atomic mass is 10.1. The van der Waals surface area contributed by atoms with Gasteiger partial charge in [-0.05, 0) is 19.3 Å². The first-order valence-electron chi connectivity index (χ1n) is 5.96. The second kappa shape index (κ2) is 5.50. The van der Waals surface area contributed by atoms with Crippen molar-refractivity contribution in [1.82, 2.24) is 10.2 Å². The third kappa shape index (κ3) is 2.86. The molecule has 1 N–H and O–H groups in total. The van der Waals surface area contributed by atoms with Gasteiger partial charge in [0.25, 0.3) is 0 Å². The number of amides is 2. The number of carbonyl (C=O) groups excluding carboxylic acids is 1. The van der Waals surface area contributed by atoms with Crippen molar-refractivity contribution in [2.75, 3.05) is 33.5 Å². The summed E-state index contributed by atoms with van der Waals surface area (Å²) < 4.78 is 10.5. The average Bonchev–Trinajstić information content (AvgIpc) is 2.82. The molecule has 2 rings (SSSR count). The van der Waals surface area contributed by atoms with Crippen molar-refractivity contribution in [3.8, 4) is 0 Å². The monoisotopic (exact) mass is 228 g/mol. The van der Waals surface area contributed by atoms with Gasteiger partial charge in [-0.25, -0.2) is 4.79 Å². The Morgan fingerprint density at radius 2 is 1.88 bits per heavy atom. The molecule has 0 aromatic heterocycles. The van der Waals surface area contributed by atoms with E-state index in [0.29, 0.717) is 12.6 Å². The molecule has 0 aromatic rings. The van der Waals surface area contributed by atoms with Crippen LogP contribution in [0.25, 0.3) is 0 Å². The summed E-state index contributed by atoms with van der Waals surface area (Å²) in [6.07, 6.45) is 2.80. The molecule has 0 spiro atoms. The van der Waals surface area contributed by atoms with E-state index in [1.54, 1.807) is 4.90 Å². The lowest BCUT2D eigenvalue weighted by molar-refractivity contribution is 0.0521. The van der Waals surface area contributed by atoms with E-state index >= 15 is 0 Å². The van der Waals surface area contributed by atoms with E-state index in [1.165, 1.54) is 0 Å². The number of ether oxygens (including phenoxy) is 2. The van der Waals surface area contributed by atoms with Crippen LogP contribution in [0.4, 0.5) is 4.79 Å². The largest absolute Gasteiger partial charge is 0.381 e. The Morgan fingerprint density at radius 3 is 2.50 bits per heavy atom. The molecule has 1 unspecified atom stereocenters. The number of rotatable bonds is 2. The molecule has 16 heavy (non-hydrogen) atoms. The smallest absolute Gasteiger partial charge is 0.317 e. The van der Waals surface area contributed by atoms with E-state index in [4.69, 9.17) is 9.47 Å². The SMILES string of the molecule is CN(C(=O)NC1CCOC1)C1CCOCC1. The molecule has 0 aromatic carbocycles. The van der Waals surface area contributed by atoms with Gasteiger partial charge in [0.1, 0.15) is 0 Å². The number of hydrogen-bond donors (Lipinski definition) is 1. The van der Waals surface area contributed by atoms with Crippen LogP contribution >= 0.6 is 0 Å². The fraction of sp³-hybridized carbons (Fsp3) is 0.909. The van der Waals surface area contributed by atoms with Crippen molar-refractivity contribution in [2.24, 2.45) is 0 Å².